The summed E-state index contributed by atoms with van der Waals surface area (Å²) in [4.78, 5) is 0. The standard InChI is InChI=1S/C14H23NO/c1-12(13(2)15-3)9-10-16-11-14-7-5-4-6-8-14/h4-8,12-13,15H,9-11H2,1-3H3. The van der Waals surface area contributed by atoms with Gasteiger partial charge >= 0.3 is 0 Å². The Balaban J connectivity index is 2.13. The van der Waals surface area contributed by atoms with Gasteiger partial charge in [0.1, 0.15) is 0 Å². The highest BCUT2D eigenvalue weighted by Gasteiger charge is 2.09. The molecule has 16 heavy (non-hydrogen) atoms. The van der Waals surface area contributed by atoms with Crippen molar-refractivity contribution in [3.8, 4) is 0 Å². The first-order valence-corrected chi connectivity index (χ1v) is 6.03. The van der Waals surface area contributed by atoms with Crippen molar-refractivity contribution in [3.05, 3.63) is 35.9 Å². The van der Waals surface area contributed by atoms with Crippen LogP contribution in [0, 0.1) is 5.92 Å². The lowest BCUT2D eigenvalue weighted by Gasteiger charge is -2.18. The molecule has 0 saturated carbocycles. The SMILES string of the molecule is CNC(C)C(C)CCOCc1ccccc1. The van der Waals surface area contributed by atoms with E-state index in [1.165, 1.54) is 5.56 Å². The van der Waals surface area contributed by atoms with Gasteiger partial charge in [-0.15, -0.1) is 0 Å². The van der Waals surface area contributed by atoms with E-state index >= 15 is 0 Å². The molecule has 0 aliphatic rings. The molecule has 1 aromatic rings. The molecule has 0 radical (unpaired) electrons. The zero-order chi connectivity index (χ0) is 11.8. The Morgan fingerprint density at radius 2 is 1.88 bits per heavy atom. The number of hydrogen-bond donors (Lipinski definition) is 1. The van der Waals surface area contributed by atoms with Crippen LogP contribution in [-0.2, 0) is 11.3 Å². The highest BCUT2D eigenvalue weighted by molar-refractivity contribution is 5.13. The van der Waals surface area contributed by atoms with Gasteiger partial charge < -0.3 is 10.1 Å². The minimum Gasteiger partial charge on any atom is -0.377 e. The molecule has 0 fully saturated rings. The van der Waals surface area contributed by atoms with E-state index in [1.807, 2.05) is 25.2 Å². The molecule has 2 nitrogen and oxygen atoms in total. The largest absolute Gasteiger partial charge is 0.377 e. The van der Waals surface area contributed by atoms with Crippen LogP contribution in [0.4, 0.5) is 0 Å². The summed E-state index contributed by atoms with van der Waals surface area (Å²) < 4.78 is 5.66. The second-order valence-electron chi connectivity index (χ2n) is 4.38. The zero-order valence-electron chi connectivity index (χ0n) is 10.6. The molecule has 2 unspecified atom stereocenters. The van der Waals surface area contributed by atoms with Crippen molar-refractivity contribution in [2.45, 2.75) is 32.9 Å². The van der Waals surface area contributed by atoms with Crippen molar-refractivity contribution >= 4 is 0 Å². The molecule has 1 aromatic carbocycles. The van der Waals surface area contributed by atoms with Gasteiger partial charge in [-0.2, -0.15) is 0 Å². The molecule has 2 atom stereocenters. The second kappa shape index (κ2) is 7.42. The number of ether oxygens (including phenoxy) is 1. The maximum Gasteiger partial charge on any atom is 0.0716 e. The summed E-state index contributed by atoms with van der Waals surface area (Å²) >= 11 is 0. The molecule has 0 bridgehead atoms. The van der Waals surface area contributed by atoms with Crippen molar-refractivity contribution in [2.75, 3.05) is 13.7 Å². The first-order chi connectivity index (χ1) is 7.74. The van der Waals surface area contributed by atoms with Crippen molar-refractivity contribution in [2.24, 2.45) is 5.92 Å². The van der Waals surface area contributed by atoms with Crippen molar-refractivity contribution < 1.29 is 4.74 Å². The van der Waals surface area contributed by atoms with Crippen LogP contribution in [0.15, 0.2) is 30.3 Å². The number of hydrogen-bond acceptors (Lipinski definition) is 2. The molecule has 90 valence electrons. The molecule has 1 N–H and O–H groups in total. The van der Waals surface area contributed by atoms with Crippen LogP contribution in [0.1, 0.15) is 25.8 Å². The quantitative estimate of drug-likeness (QED) is 0.715. The molecular formula is C14H23NO. The molecular weight excluding hydrogens is 198 g/mol. The summed E-state index contributed by atoms with van der Waals surface area (Å²) in [7, 11) is 2.01. The van der Waals surface area contributed by atoms with E-state index < -0.39 is 0 Å². The van der Waals surface area contributed by atoms with Gasteiger partial charge in [0.2, 0.25) is 0 Å². The minimum absolute atomic E-state index is 0.556. The van der Waals surface area contributed by atoms with Gasteiger partial charge in [0, 0.05) is 12.6 Å². The summed E-state index contributed by atoms with van der Waals surface area (Å²) in [6, 6.07) is 10.9. The predicted molar refractivity (Wildman–Crippen MR) is 68.4 cm³/mol. The Morgan fingerprint density at radius 1 is 1.19 bits per heavy atom. The topological polar surface area (TPSA) is 21.3 Å². The van der Waals surface area contributed by atoms with E-state index in [1.54, 1.807) is 0 Å². The Morgan fingerprint density at radius 3 is 2.50 bits per heavy atom. The first kappa shape index (κ1) is 13.2. The van der Waals surface area contributed by atoms with Crippen LogP contribution in [0.25, 0.3) is 0 Å². The van der Waals surface area contributed by atoms with E-state index in [-0.39, 0.29) is 0 Å². The van der Waals surface area contributed by atoms with Crippen LogP contribution < -0.4 is 5.32 Å². The maximum atomic E-state index is 5.66. The highest BCUT2D eigenvalue weighted by Crippen LogP contribution is 2.08. The molecule has 0 aliphatic heterocycles. The van der Waals surface area contributed by atoms with Crippen molar-refractivity contribution in [1.29, 1.82) is 0 Å². The lowest BCUT2D eigenvalue weighted by Crippen LogP contribution is -2.29. The second-order valence-corrected chi connectivity index (χ2v) is 4.38. The van der Waals surface area contributed by atoms with Gasteiger partial charge in [0.25, 0.3) is 0 Å². The molecule has 0 aromatic heterocycles. The summed E-state index contributed by atoms with van der Waals surface area (Å²) in [6.07, 6.45) is 1.11. The van der Waals surface area contributed by atoms with Crippen LogP contribution in [0.5, 0.6) is 0 Å². The average molecular weight is 221 g/mol. The number of benzene rings is 1. The fraction of sp³-hybridized carbons (Fsp3) is 0.571. The molecule has 0 aliphatic carbocycles. The zero-order valence-corrected chi connectivity index (χ0v) is 10.6. The molecule has 0 spiro atoms. The van der Waals surface area contributed by atoms with Gasteiger partial charge in [-0.3, -0.25) is 0 Å². The van der Waals surface area contributed by atoms with E-state index in [0.29, 0.717) is 12.0 Å². The summed E-state index contributed by atoms with van der Waals surface area (Å²) in [5.41, 5.74) is 1.25. The smallest absolute Gasteiger partial charge is 0.0716 e. The lowest BCUT2D eigenvalue weighted by molar-refractivity contribution is 0.105. The minimum atomic E-state index is 0.556. The molecule has 2 heteroatoms. The average Bonchev–Trinajstić information content (AvgIpc) is 2.34. The van der Waals surface area contributed by atoms with Crippen LogP contribution in [0.3, 0.4) is 0 Å². The monoisotopic (exact) mass is 221 g/mol. The van der Waals surface area contributed by atoms with Crippen molar-refractivity contribution in [3.63, 3.8) is 0 Å². The summed E-state index contributed by atoms with van der Waals surface area (Å²) in [6.45, 7) is 6.03. The van der Waals surface area contributed by atoms with Gasteiger partial charge in [-0.05, 0) is 31.9 Å². The number of rotatable bonds is 7. The van der Waals surface area contributed by atoms with Crippen LogP contribution >= 0.6 is 0 Å². The van der Waals surface area contributed by atoms with Gasteiger partial charge in [0.05, 0.1) is 6.61 Å². The number of nitrogens with one attached hydrogen (secondary N) is 1. The van der Waals surface area contributed by atoms with E-state index in [2.05, 4.69) is 31.3 Å². The summed E-state index contributed by atoms with van der Waals surface area (Å²) in [5, 5.41) is 3.27. The Bertz CT molecular complexity index is 273. The highest BCUT2D eigenvalue weighted by atomic mass is 16.5. The predicted octanol–water partition coefficient (Wildman–Crippen LogP) is 2.84. The summed E-state index contributed by atoms with van der Waals surface area (Å²) in [5.74, 6) is 0.653. The third kappa shape index (κ3) is 4.77. The van der Waals surface area contributed by atoms with Gasteiger partial charge in [-0.1, -0.05) is 37.3 Å². The fourth-order valence-electron chi connectivity index (χ4n) is 1.57. The van der Waals surface area contributed by atoms with Crippen molar-refractivity contribution in [1.82, 2.24) is 5.32 Å². The Labute approximate surface area is 99.0 Å². The third-order valence-corrected chi connectivity index (χ3v) is 3.14. The Hall–Kier alpha value is -0.860. The fourth-order valence-corrected chi connectivity index (χ4v) is 1.57. The van der Waals surface area contributed by atoms with E-state index in [4.69, 9.17) is 4.74 Å². The first-order valence-electron chi connectivity index (χ1n) is 6.03. The van der Waals surface area contributed by atoms with Crippen LogP contribution in [-0.4, -0.2) is 19.7 Å². The van der Waals surface area contributed by atoms with Crippen LogP contribution in [0.2, 0.25) is 0 Å². The Kier molecular flexibility index (Phi) is 6.12. The normalized spacial score (nSPS) is 14.7. The van der Waals surface area contributed by atoms with E-state index in [9.17, 15) is 0 Å². The van der Waals surface area contributed by atoms with Gasteiger partial charge in [-0.25, -0.2) is 0 Å². The maximum absolute atomic E-state index is 5.66. The third-order valence-electron chi connectivity index (χ3n) is 3.14. The molecule has 0 heterocycles. The lowest BCUT2D eigenvalue weighted by atomic mass is 10.0. The molecule has 0 amide bonds. The molecule has 0 saturated heterocycles. The van der Waals surface area contributed by atoms with Gasteiger partial charge in [0.15, 0.2) is 0 Å². The van der Waals surface area contributed by atoms with E-state index in [0.717, 1.165) is 19.6 Å². The molecule has 1 rings (SSSR count).